The van der Waals surface area contributed by atoms with Crippen molar-refractivity contribution >= 4 is 41.5 Å². The molecule has 0 saturated carbocycles. The molecule has 1 aromatic heterocycles. The quantitative estimate of drug-likeness (QED) is 0.243. The number of benzene rings is 2. The summed E-state index contributed by atoms with van der Waals surface area (Å²) >= 11 is 0. The maximum Gasteiger partial charge on any atom is 0.246 e. The van der Waals surface area contributed by atoms with Crippen molar-refractivity contribution in [2.24, 2.45) is 4.99 Å². The first-order chi connectivity index (χ1) is 14.2. The number of nitrogens with zero attached hydrogens (tertiary/aromatic N) is 3. The Kier molecular flexibility index (Phi) is 9.85. The summed E-state index contributed by atoms with van der Waals surface area (Å²) < 4.78 is 1.59. The van der Waals surface area contributed by atoms with Crippen molar-refractivity contribution < 1.29 is 4.79 Å². The van der Waals surface area contributed by atoms with Gasteiger partial charge >= 0.3 is 0 Å². The molecular formula is C22H27IN6O. The van der Waals surface area contributed by atoms with Crippen molar-refractivity contribution in [1.82, 2.24) is 20.4 Å². The maximum atomic E-state index is 12.1. The van der Waals surface area contributed by atoms with Gasteiger partial charge in [-0.1, -0.05) is 42.5 Å². The Bertz CT molecular complexity index is 928. The Morgan fingerprint density at radius 2 is 1.83 bits per heavy atom. The van der Waals surface area contributed by atoms with Crippen LogP contribution in [0.1, 0.15) is 18.1 Å². The minimum atomic E-state index is -0.118. The first kappa shape index (κ1) is 23.4. The molecule has 3 rings (SSSR count). The molecule has 1 amide bonds. The van der Waals surface area contributed by atoms with Crippen LogP contribution < -0.4 is 16.0 Å². The third-order valence-corrected chi connectivity index (χ3v) is 4.14. The smallest absolute Gasteiger partial charge is 0.246 e. The molecule has 0 aliphatic carbocycles. The average molecular weight is 518 g/mol. The molecule has 1 heterocycles. The first-order valence-electron chi connectivity index (χ1n) is 9.65. The predicted octanol–water partition coefficient (Wildman–Crippen LogP) is 3.40. The SMILES string of the molecule is CCNC(=NCc1cccc(NC(=O)Cn2cccn2)c1)NCc1ccccc1.I. The highest BCUT2D eigenvalue weighted by molar-refractivity contribution is 14.0. The summed E-state index contributed by atoms with van der Waals surface area (Å²) in [7, 11) is 0. The average Bonchev–Trinajstić information content (AvgIpc) is 3.24. The molecule has 158 valence electrons. The molecule has 0 aliphatic rings. The van der Waals surface area contributed by atoms with Gasteiger partial charge < -0.3 is 16.0 Å². The van der Waals surface area contributed by atoms with Crippen molar-refractivity contribution in [2.45, 2.75) is 26.6 Å². The highest BCUT2D eigenvalue weighted by Crippen LogP contribution is 2.12. The summed E-state index contributed by atoms with van der Waals surface area (Å²) in [5.41, 5.74) is 2.95. The highest BCUT2D eigenvalue weighted by Gasteiger charge is 2.05. The lowest BCUT2D eigenvalue weighted by atomic mass is 10.2. The van der Waals surface area contributed by atoms with Gasteiger partial charge in [0.2, 0.25) is 5.91 Å². The fraction of sp³-hybridized carbons (Fsp3) is 0.227. The van der Waals surface area contributed by atoms with E-state index in [1.54, 1.807) is 23.1 Å². The van der Waals surface area contributed by atoms with Crippen molar-refractivity contribution in [2.75, 3.05) is 11.9 Å². The Balaban J connectivity index is 0.00000320. The van der Waals surface area contributed by atoms with Crippen LogP contribution in [0, 0.1) is 0 Å². The lowest BCUT2D eigenvalue weighted by Crippen LogP contribution is -2.36. The molecule has 0 saturated heterocycles. The Hall–Kier alpha value is -2.88. The van der Waals surface area contributed by atoms with E-state index in [0.29, 0.717) is 13.1 Å². The molecule has 7 nitrogen and oxygen atoms in total. The molecule has 8 heteroatoms. The number of anilines is 1. The van der Waals surface area contributed by atoms with Gasteiger partial charge in [-0.25, -0.2) is 4.99 Å². The second kappa shape index (κ2) is 12.6. The zero-order chi connectivity index (χ0) is 20.3. The van der Waals surface area contributed by atoms with Crippen LogP contribution in [-0.4, -0.2) is 28.2 Å². The van der Waals surface area contributed by atoms with Crippen LogP contribution in [0.25, 0.3) is 0 Å². The van der Waals surface area contributed by atoms with E-state index in [0.717, 1.165) is 23.8 Å². The molecule has 0 unspecified atom stereocenters. The first-order valence-corrected chi connectivity index (χ1v) is 9.65. The van der Waals surface area contributed by atoms with E-state index in [4.69, 9.17) is 0 Å². The molecule has 30 heavy (non-hydrogen) atoms. The molecule has 0 radical (unpaired) electrons. The van der Waals surface area contributed by atoms with Gasteiger partial charge in [-0.05, 0) is 36.2 Å². The minimum Gasteiger partial charge on any atom is -0.357 e. The van der Waals surface area contributed by atoms with E-state index in [2.05, 4.69) is 38.2 Å². The van der Waals surface area contributed by atoms with E-state index < -0.39 is 0 Å². The normalized spacial score (nSPS) is 10.8. The molecule has 2 aromatic carbocycles. The number of carbonyl (C=O) groups excluding carboxylic acids is 1. The fourth-order valence-corrected chi connectivity index (χ4v) is 2.78. The predicted molar refractivity (Wildman–Crippen MR) is 131 cm³/mol. The van der Waals surface area contributed by atoms with E-state index in [9.17, 15) is 4.79 Å². The van der Waals surface area contributed by atoms with Gasteiger partial charge in [0.15, 0.2) is 5.96 Å². The zero-order valence-corrected chi connectivity index (χ0v) is 19.2. The molecule has 0 fully saturated rings. The number of rotatable bonds is 8. The van der Waals surface area contributed by atoms with Gasteiger partial charge in [0, 0.05) is 31.2 Å². The third kappa shape index (κ3) is 7.86. The molecule has 0 atom stereocenters. The standard InChI is InChI=1S/C22H26N6O.HI/c1-2-23-22(24-15-18-8-4-3-5-9-18)25-16-19-10-6-11-20(14-19)27-21(29)17-28-13-7-12-26-28;/h3-14H,2,15-17H2,1H3,(H,27,29)(H2,23,24,25);1H. The maximum absolute atomic E-state index is 12.1. The van der Waals surface area contributed by atoms with Gasteiger partial charge in [0.25, 0.3) is 0 Å². The van der Waals surface area contributed by atoms with Crippen LogP contribution in [0.5, 0.6) is 0 Å². The van der Waals surface area contributed by atoms with Gasteiger partial charge in [-0.15, -0.1) is 24.0 Å². The molecule has 0 bridgehead atoms. The minimum absolute atomic E-state index is 0. The number of carbonyl (C=O) groups is 1. The third-order valence-electron chi connectivity index (χ3n) is 4.14. The number of amides is 1. The van der Waals surface area contributed by atoms with Crippen molar-refractivity contribution in [3.8, 4) is 0 Å². The highest BCUT2D eigenvalue weighted by atomic mass is 127. The van der Waals surface area contributed by atoms with Crippen LogP contribution in [0.4, 0.5) is 5.69 Å². The van der Waals surface area contributed by atoms with Crippen LogP contribution in [0.15, 0.2) is 78.0 Å². The van der Waals surface area contributed by atoms with E-state index >= 15 is 0 Å². The fourth-order valence-electron chi connectivity index (χ4n) is 2.78. The van der Waals surface area contributed by atoms with Gasteiger partial charge in [-0.3, -0.25) is 9.48 Å². The van der Waals surface area contributed by atoms with Crippen LogP contribution in [0.2, 0.25) is 0 Å². The largest absolute Gasteiger partial charge is 0.357 e. The van der Waals surface area contributed by atoms with Gasteiger partial charge in [-0.2, -0.15) is 5.10 Å². The van der Waals surface area contributed by atoms with E-state index in [1.807, 2.05) is 49.4 Å². The molecule has 0 spiro atoms. The van der Waals surface area contributed by atoms with Crippen LogP contribution >= 0.6 is 24.0 Å². The topological polar surface area (TPSA) is 83.3 Å². The summed E-state index contributed by atoms with van der Waals surface area (Å²) in [6.45, 7) is 4.21. The van der Waals surface area contributed by atoms with E-state index in [1.165, 1.54) is 5.56 Å². The summed E-state index contributed by atoms with van der Waals surface area (Å²) in [4.78, 5) is 16.8. The second-order valence-electron chi connectivity index (χ2n) is 6.49. The Labute approximate surface area is 194 Å². The summed E-state index contributed by atoms with van der Waals surface area (Å²) in [5, 5.41) is 13.5. The van der Waals surface area contributed by atoms with Crippen molar-refractivity contribution in [3.05, 3.63) is 84.2 Å². The number of aliphatic imine (C=N–C) groups is 1. The number of hydrogen-bond donors (Lipinski definition) is 3. The number of nitrogens with one attached hydrogen (secondary N) is 3. The lowest BCUT2D eigenvalue weighted by Gasteiger charge is -2.12. The summed E-state index contributed by atoms with van der Waals surface area (Å²) in [6, 6.07) is 19.7. The Morgan fingerprint density at radius 3 is 2.57 bits per heavy atom. The second-order valence-corrected chi connectivity index (χ2v) is 6.49. The molecular weight excluding hydrogens is 491 g/mol. The number of hydrogen-bond acceptors (Lipinski definition) is 3. The molecule has 3 N–H and O–H groups in total. The van der Waals surface area contributed by atoms with Crippen LogP contribution in [0.3, 0.4) is 0 Å². The molecule has 0 aliphatic heterocycles. The van der Waals surface area contributed by atoms with Crippen molar-refractivity contribution in [3.63, 3.8) is 0 Å². The summed E-state index contributed by atoms with van der Waals surface area (Å²) in [5.74, 6) is 0.636. The van der Waals surface area contributed by atoms with Crippen LogP contribution in [-0.2, 0) is 24.4 Å². The monoisotopic (exact) mass is 518 g/mol. The summed E-state index contributed by atoms with van der Waals surface area (Å²) in [6.07, 6.45) is 3.41. The van der Waals surface area contributed by atoms with Gasteiger partial charge in [0.05, 0.1) is 6.54 Å². The van der Waals surface area contributed by atoms with Crippen molar-refractivity contribution in [1.29, 1.82) is 0 Å². The zero-order valence-electron chi connectivity index (χ0n) is 16.9. The Morgan fingerprint density at radius 1 is 1.03 bits per heavy atom. The molecule has 3 aromatic rings. The lowest BCUT2D eigenvalue weighted by molar-refractivity contribution is -0.116. The number of guanidine groups is 1. The number of halogens is 1. The number of aromatic nitrogens is 2. The van der Waals surface area contributed by atoms with Gasteiger partial charge in [0.1, 0.15) is 6.54 Å². The van der Waals surface area contributed by atoms with E-state index in [-0.39, 0.29) is 36.4 Å².